The Morgan fingerprint density at radius 3 is 2.56 bits per heavy atom. The van der Waals surface area contributed by atoms with Crippen LogP contribution in [0.25, 0.3) is 0 Å². The van der Waals surface area contributed by atoms with Gasteiger partial charge in [0.05, 0.1) is 0 Å². The number of piperidine rings is 1. The van der Waals surface area contributed by atoms with E-state index in [1.54, 1.807) is 0 Å². The lowest BCUT2D eigenvalue weighted by Crippen LogP contribution is -2.47. The molecule has 3 fully saturated rings. The second-order valence-corrected chi connectivity index (χ2v) is 6.93. The van der Waals surface area contributed by atoms with Crippen molar-refractivity contribution in [3.05, 3.63) is 0 Å². The molecular weight excluding hydrogens is 196 g/mol. The van der Waals surface area contributed by atoms with Crippen LogP contribution < -0.4 is 5.32 Å². The fourth-order valence-corrected chi connectivity index (χ4v) is 3.14. The first-order valence-corrected chi connectivity index (χ1v) is 7.12. The van der Waals surface area contributed by atoms with Gasteiger partial charge in [-0.05, 0) is 50.0 Å². The lowest BCUT2D eigenvalue weighted by atomic mass is 10.0. The highest BCUT2D eigenvalue weighted by Crippen LogP contribution is 2.51. The van der Waals surface area contributed by atoms with Gasteiger partial charge in [-0.2, -0.15) is 0 Å². The highest BCUT2D eigenvalue weighted by atomic mass is 15.2. The first-order valence-electron chi connectivity index (χ1n) is 7.12. The van der Waals surface area contributed by atoms with Gasteiger partial charge in [-0.25, -0.2) is 0 Å². The molecule has 0 spiro atoms. The molecule has 2 unspecified atom stereocenters. The van der Waals surface area contributed by atoms with Crippen molar-refractivity contribution in [1.29, 1.82) is 0 Å². The summed E-state index contributed by atoms with van der Waals surface area (Å²) in [4.78, 5) is 2.71. The van der Waals surface area contributed by atoms with E-state index in [-0.39, 0.29) is 0 Å². The Kier molecular flexibility index (Phi) is 2.75. The molecule has 3 rings (SSSR count). The highest BCUT2D eigenvalue weighted by Gasteiger charge is 2.46. The maximum absolute atomic E-state index is 3.80. The number of rotatable bonds is 4. The molecule has 2 aliphatic carbocycles. The largest absolute Gasteiger partial charge is 0.310 e. The highest BCUT2D eigenvalue weighted by molar-refractivity contribution is 4.97. The zero-order valence-corrected chi connectivity index (χ0v) is 10.8. The lowest BCUT2D eigenvalue weighted by Gasteiger charge is -2.33. The number of nitrogens with one attached hydrogen (secondary N) is 1. The van der Waals surface area contributed by atoms with Gasteiger partial charge in [-0.3, -0.25) is 0 Å². The molecule has 0 aromatic heterocycles. The van der Waals surface area contributed by atoms with E-state index in [1.165, 1.54) is 51.7 Å². The Bertz CT molecular complexity index is 257. The molecule has 0 aromatic carbocycles. The van der Waals surface area contributed by atoms with Crippen LogP contribution in [0.4, 0.5) is 0 Å². The molecule has 1 aliphatic heterocycles. The summed E-state index contributed by atoms with van der Waals surface area (Å²) >= 11 is 0. The Hall–Kier alpha value is -0.0800. The molecule has 0 radical (unpaired) electrons. The number of nitrogens with zero attached hydrogens (tertiary/aromatic N) is 1. The second-order valence-electron chi connectivity index (χ2n) is 6.93. The van der Waals surface area contributed by atoms with Crippen LogP contribution in [0.5, 0.6) is 0 Å². The summed E-state index contributed by atoms with van der Waals surface area (Å²) in [6, 6.07) is 1.67. The summed E-state index contributed by atoms with van der Waals surface area (Å²) < 4.78 is 0. The summed E-state index contributed by atoms with van der Waals surface area (Å²) in [5.74, 6) is 0.979. The molecule has 92 valence electrons. The van der Waals surface area contributed by atoms with Crippen molar-refractivity contribution in [2.75, 3.05) is 19.6 Å². The first kappa shape index (κ1) is 11.0. The predicted molar refractivity (Wildman–Crippen MR) is 67.5 cm³/mol. The average Bonchev–Trinajstić information content (AvgIpc) is 3.09. The van der Waals surface area contributed by atoms with Gasteiger partial charge in [-0.15, -0.1) is 0 Å². The van der Waals surface area contributed by atoms with Crippen LogP contribution in [0, 0.1) is 11.3 Å². The maximum Gasteiger partial charge on any atom is 0.0198 e. The van der Waals surface area contributed by atoms with Crippen LogP contribution >= 0.6 is 0 Å². The normalized spacial score (nSPS) is 38.6. The Labute approximate surface area is 99.8 Å². The summed E-state index contributed by atoms with van der Waals surface area (Å²) in [6.45, 7) is 8.84. The van der Waals surface area contributed by atoms with E-state index in [9.17, 15) is 0 Å². The van der Waals surface area contributed by atoms with Gasteiger partial charge in [0, 0.05) is 25.2 Å². The summed E-state index contributed by atoms with van der Waals surface area (Å²) in [5, 5.41) is 3.80. The molecule has 1 saturated heterocycles. The minimum Gasteiger partial charge on any atom is -0.310 e. The van der Waals surface area contributed by atoms with Crippen LogP contribution in [0.1, 0.15) is 46.0 Å². The molecule has 1 heterocycles. The quantitative estimate of drug-likeness (QED) is 0.785. The van der Waals surface area contributed by atoms with E-state index in [0.717, 1.165) is 18.0 Å². The molecule has 2 nitrogen and oxygen atoms in total. The van der Waals surface area contributed by atoms with Crippen molar-refractivity contribution >= 4 is 0 Å². The standard InChI is InChI=1S/C14H26N2/c1-14(2)8-11(14)9-16-7-3-4-13(10-16)15-12-5-6-12/h11-13,15H,3-10H2,1-2H3. The SMILES string of the molecule is CC1(C)CC1CN1CCCC(NC2CC2)C1. The minimum absolute atomic E-state index is 0.650. The zero-order chi connectivity index (χ0) is 11.2. The van der Waals surface area contributed by atoms with E-state index in [0.29, 0.717) is 5.41 Å². The van der Waals surface area contributed by atoms with Gasteiger partial charge in [0.25, 0.3) is 0 Å². The predicted octanol–water partition coefficient (Wildman–Crippen LogP) is 2.25. The van der Waals surface area contributed by atoms with Crippen molar-refractivity contribution in [3.63, 3.8) is 0 Å². The third-order valence-electron chi connectivity index (χ3n) is 4.75. The summed E-state index contributed by atoms with van der Waals surface area (Å²) in [7, 11) is 0. The zero-order valence-electron chi connectivity index (χ0n) is 10.8. The van der Waals surface area contributed by atoms with E-state index >= 15 is 0 Å². The summed E-state index contributed by atoms with van der Waals surface area (Å²) in [5.41, 5.74) is 0.650. The van der Waals surface area contributed by atoms with Gasteiger partial charge in [0.2, 0.25) is 0 Å². The van der Waals surface area contributed by atoms with Crippen molar-refractivity contribution in [3.8, 4) is 0 Å². The average molecular weight is 222 g/mol. The van der Waals surface area contributed by atoms with Crippen LogP contribution in [0.15, 0.2) is 0 Å². The van der Waals surface area contributed by atoms with Gasteiger partial charge in [0.1, 0.15) is 0 Å². The topological polar surface area (TPSA) is 15.3 Å². The molecule has 16 heavy (non-hydrogen) atoms. The molecule has 0 bridgehead atoms. The molecule has 0 amide bonds. The van der Waals surface area contributed by atoms with Crippen molar-refractivity contribution < 1.29 is 0 Å². The minimum atomic E-state index is 0.650. The Morgan fingerprint density at radius 1 is 1.19 bits per heavy atom. The third-order valence-corrected chi connectivity index (χ3v) is 4.75. The van der Waals surface area contributed by atoms with Crippen LogP contribution in [-0.4, -0.2) is 36.6 Å². The van der Waals surface area contributed by atoms with Crippen molar-refractivity contribution in [2.45, 2.75) is 58.0 Å². The second kappa shape index (κ2) is 3.99. The Morgan fingerprint density at radius 2 is 1.94 bits per heavy atom. The molecule has 0 aromatic rings. The van der Waals surface area contributed by atoms with Gasteiger partial charge >= 0.3 is 0 Å². The monoisotopic (exact) mass is 222 g/mol. The maximum atomic E-state index is 3.80. The third kappa shape index (κ3) is 2.60. The summed E-state index contributed by atoms with van der Waals surface area (Å²) in [6.07, 6.45) is 7.10. The molecular formula is C14H26N2. The number of hydrogen-bond donors (Lipinski definition) is 1. The van der Waals surface area contributed by atoms with Crippen LogP contribution in [0.2, 0.25) is 0 Å². The van der Waals surface area contributed by atoms with E-state index in [1.807, 2.05) is 0 Å². The fraction of sp³-hybridized carbons (Fsp3) is 1.00. The first-order chi connectivity index (χ1) is 7.63. The smallest absolute Gasteiger partial charge is 0.0198 e. The lowest BCUT2D eigenvalue weighted by molar-refractivity contribution is 0.177. The van der Waals surface area contributed by atoms with Crippen molar-refractivity contribution in [1.82, 2.24) is 10.2 Å². The Balaban J connectivity index is 1.44. The van der Waals surface area contributed by atoms with Gasteiger partial charge in [-0.1, -0.05) is 13.8 Å². The van der Waals surface area contributed by atoms with Crippen LogP contribution in [0.3, 0.4) is 0 Å². The number of hydrogen-bond acceptors (Lipinski definition) is 2. The number of likely N-dealkylation sites (tertiary alicyclic amines) is 1. The molecule has 3 aliphatic rings. The molecule has 2 heteroatoms. The van der Waals surface area contributed by atoms with E-state index < -0.39 is 0 Å². The van der Waals surface area contributed by atoms with Gasteiger partial charge in [0.15, 0.2) is 0 Å². The van der Waals surface area contributed by atoms with E-state index in [4.69, 9.17) is 0 Å². The van der Waals surface area contributed by atoms with Crippen LogP contribution in [-0.2, 0) is 0 Å². The van der Waals surface area contributed by atoms with Crippen molar-refractivity contribution in [2.24, 2.45) is 11.3 Å². The molecule has 2 atom stereocenters. The molecule has 2 saturated carbocycles. The molecule has 1 N–H and O–H groups in total. The van der Waals surface area contributed by atoms with Gasteiger partial charge < -0.3 is 10.2 Å². The van der Waals surface area contributed by atoms with E-state index in [2.05, 4.69) is 24.1 Å². The fourth-order valence-electron chi connectivity index (χ4n) is 3.14.